The zero-order chi connectivity index (χ0) is 23.6. The number of fused-ring (bicyclic) bond motifs is 2. The molecule has 0 amide bonds. The lowest BCUT2D eigenvalue weighted by Crippen LogP contribution is -2.15. The molecule has 12 heteroatoms. The fourth-order valence-electron chi connectivity index (χ4n) is 3.15. The summed E-state index contributed by atoms with van der Waals surface area (Å²) in [4.78, 5) is 32.5. The molecule has 3 aromatic rings. The number of pyridine rings is 2. The van der Waals surface area contributed by atoms with E-state index in [0.717, 1.165) is 3.97 Å². The van der Waals surface area contributed by atoms with Crippen LogP contribution in [-0.2, 0) is 26.2 Å². The maximum Gasteiger partial charge on any atom is 0.355 e. The van der Waals surface area contributed by atoms with Crippen LogP contribution in [0.5, 0.6) is 11.6 Å². The largest absolute Gasteiger partial charge is 0.422 e. The Morgan fingerprint density at radius 1 is 1.21 bits per heavy atom. The van der Waals surface area contributed by atoms with E-state index >= 15 is 0 Å². The third-order valence-corrected chi connectivity index (χ3v) is 6.21. The van der Waals surface area contributed by atoms with Crippen molar-refractivity contribution in [3.05, 3.63) is 66.3 Å². The summed E-state index contributed by atoms with van der Waals surface area (Å²) in [5, 5.41) is 12.1. The van der Waals surface area contributed by atoms with Gasteiger partial charge in [-0.05, 0) is 30.8 Å². The second-order valence-corrected chi connectivity index (χ2v) is 8.54. The Hall–Kier alpha value is -4.34. The topological polar surface area (TPSA) is 153 Å². The Morgan fingerprint density at radius 2 is 2.03 bits per heavy atom. The van der Waals surface area contributed by atoms with Crippen LogP contribution < -0.4 is 14.8 Å². The van der Waals surface area contributed by atoms with Crippen molar-refractivity contribution < 1.29 is 27.5 Å². The number of nitrogens with one attached hydrogen (secondary N) is 1. The Kier molecular flexibility index (Phi) is 5.74. The maximum atomic E-state index is 13.4. The minimum Gasteiger partial charge on any atom is -0.422 e. The molecule has 1 aliphatic rings. The van der Waals surface area contributed by atoms with Gasteiger partial charge in [0.15, 0.2) is 0 Å². The van der Waals surface area contributed by atoms with Crippen molar-refractivity contribution in [2.75, 3.05) is 7.05 Å². The third-order valence-electron chi connectivity index (χ3n) is 4.55. The Bertz CT molecular complexity index is 1440. The molecule has 4 rings (SSSR count). The summed E-state index contributed by atoms with van der Waals surface area (Å²) >= 11 is 0. The van der Waals surface area contributed by atoms with Crippen LogP contribution in [0.1, 0.15) is 5.56 Å². The SMILES string of the molecule is CNCc1cc(-c2c3ccnc2OC(=O)/C(C#N)=C/C(=O)O3)n(S(=O)(=O)c2cccnc2)c1. The molecule has 0 saturated carbocycles. The number of hydrogen-bond donors (Lipinski definition) is 1. The van der Waals surface area contributed by atoms with Gasteiger partial charge in [0.25, 0.3) is 10.0 Å². The summed E-state index contributed by atoms with van der Waals surface area (Å²) in [7, 11) is -2.46. The highest BCUT2D eigenvalue weighted by Gasteiger charge is 2.30. The highest BCUT2D eigenvalue weighted by Crippen LogP contribution is 2.40. The molecule has 1 N–H and O–H groups in total. The minimum atomic E-state index is -4.15. The summed E-state index contributed by atoms with van der Waals surface area (Å²) in [5.74, 6) is -2.58. The molecular formula is C21H15N5O6S. The van der Waals surface area contributed by atoms with Crippen LogP contribution in [-0.4, -0.2) is 41.3 Å². The van der Waals surface area contributed by atoms with E-state index in [2.05, 4.69) is 15.3 Å². The lowest BCUT2D eigenvalue weighted by Gasteiger charge is -2.14. The van der Waals surface area contributed by atoms with Crippen molar-refractivity contribution in [2.24, 2.45) is 0 Å². The van der Waals surface area contributed by atoms with Gasteiger partial charge in [-0.2, -0.15) is 5.26 Å². The zero-order valence-electron chi connectivity index (χ0n) is 17.0. The van der Waals surface area contributed by atoms with Gasteiger partial charge in [-0.25, -0.2) is 27.0 Å². The van der Waals surface area contributed by atoms with Crippen molar-refractivity contribution in [1.82, 2.24) is 19.3 Å². The van der Waals surface area contributed by atoms with Gasteiger partial charge >= 0.3 is 11.9 Å². The lowest BCUT2D eigenvalue weighted by molar-refractivity contribution is -0.131. The number of nitriles is 1. The second-order valence-electron chi connectivity index (χ2n) is 6.72. The molecule has 0 spiro atoms. The zero-order valence-corrected chi connectivity index (χ0v) is 17.9. The number of esters is 2. The van der Waals surface area contributed by atoms with Gasteiger partial charge in [0.1, 0.15) is 27.9 Å². The molecule has 0 unspecified atom stereocenters. The van der Waals surface area contributed by atoms with Gasteiger partial charge in [-0.1, -0.05) is 0 Å². The normalized spacial score (nSPS) is 15.2. The van der Waals surface area contributed by atoms with Crippen molar-refractivity contribution >= 4 is 22.0 Å². The monoisotopic (exact) mass is 465 g/mol. The van der Waals surface area contributed by atoms with Gasteiger partial charge < -0.3 is 14.8 Å². The molecule has 11 nitrogen and oxygen atoms in total. The molecular weight excluding hydrogens is 450 g/mol. The third kappa shape index (κ3) is 4.10. The van der Waals surface area contributed by atoms with E-state index in [4.69, 9.17) is 14.7 Å². The summed E-state index contributed by atoms with van der Waals surface area (Å²) in [5.41, 5.74) is -0.0432. The highest BCUT2D eigenvalue weighted by molar-refractivity contribution is 7.90. The molecule has 3 aromatic heterocycles. The van der Waals surface area contributed by atoms with E-state index in [9.17, 15) is 18.0 Å². The quantitative estimate of drug-likeness (QED) is 0.543. The van der Waals surface area contributed by atoms with Gasteiger partial charge in [0.05, 0.1) is 5.69 Å². The average Bonchev–Trinajstić information content (AvgIpc) is 3.22. The van der Waals surface area contributed by atoms with E-state index in [1.807, 2.05) is 0 Å². The predicted octanol–water partition coefficient (Wildman–Crippen LogP) is 1.18. The lowest BCUT2D eigenvalue weighted by atomic mass is 10.1. The van der Waals surface area contributed by atoms with Gasteiger partial charge in [-0.3, -0.25) is 4.98 Å². The molecule has 4 heterocycles. The highest BCUT2D eigenvalue weighted by atomic mass is 32.2. The fraction of sp³-hybridized carbons (Fsp3) is 0.0952. The molecule has 0 fully saturated rings. The molecule has 166 valence electrons. The van der Waals surface area contributed by atoms with Crippen LogP contribution in [0.25, 0.3) is 11.3 Å². The van der Waals surface area contributed by atoms with Crippen LogP contribution in [0.3, 0.4) is 0 Å². The van der Waals surface area contributed by atoms with E-state index in [-0.39, 0.29) is 27.8 Å². The van der Waals surface area contributed by atoms with Crippen LogP contribution in [0, 0.1) is 11.3 Å². The standard InChI is InChI=1S/C21H15N5O6S/c1-23-10-13-7-16(26(12-13)33(29,30)15-3-2-5-24-11-15)19-17-4-6-25-20(19)32-21(28)14(9-22)8-18(27)31-17/h2-8,11-12,23H,10H2,1H3/b14-8+. The number of nitrogens with zero attached hydrogens (tertiary/aromatic N) is 4. The molecule has 2 bridgehead atoms. The van der Waals surface area contributed by atoms with E-state index in [1.54, 1.807) is 13.1 Å². The van der Waals surface area contributed by atoms with E-state index in [1.165, 1.54) is 49.1 Å². The van der Waals surface area contributed by atoms with Gasteiger partial charge in [0, 0.05) is 43.5 Å². The summed E-state index contributed by atoms with van der Waals surface area (Å²) < 4.78 is 38.4. The molecule has 0 radical (unpaired) electrons. The molecule has 0 saturated heterocycles. The van der Waals surface area contributed by atoms with Crippen LogP contribution in [0.15, 0.2) is 65.6 Å². The first-order valence-electron chi connectivity index (χ1n) is 9.41. The average molecular weight is 465 g/mol. The van der Waals surface area contributed by atoms with Crippen molar-refractivity contribution in [3.8, 4) is 29.0 Å². The van der Waals surface area contributed by atoms with Crippen LogP contribution in [0.2, 0.25) is 0 Å². The van der Waals surface area contributed by atoms with E-state index in [0.29, 0.717) is 18.2 Å². The second kappa shape index (κ2) is 8.65. The fourth-order valence-corrected chi connectivity index (χ4v) is 4.50. The smallest absolute Gasteiger partial charge is 0.355 e. The summed E-state index contributed by atoms with van der Waals surface area (Å²) in [6.45, 7) is 0.313. The maximum absolute atomic E-state index is 13.4. The minimum absolute atomic E-state index is 0.0308. The van der Waals surface area contributed by atoms with Crippen LogP contribution in [0.4, 0.5) is 0 Å². The van der Waals surface area contributed by atoms with Gasteiger partial charge in [0.2, 0.25) is 5.88 Å². The number of aromatic nitrogens is 3. The number of rotatable bonds is 5. The molecule has 33 heavy (non-hydrogen) atoms. The molecule has 0 aromatic carbocycles. The van der Waals surface area contributed by atoms with Gasteiger partial charge in [-0.15, -0.1) is 0 Å². The van der Waals surface area contributed by atoms with Crippen LogP contribution >= 0.6 is 0 Å². The Balaban J connectivity index is 1.98. The molecule has 0 aliphatic carbocycles. The number of hydrogen-bond acceptors (Lipinski definition) is 10. The molecule has 1 aliphatic heterocycles. The number of ether oxygens (including phenoxy) is 2. The first kappa shape index (κ1) is 21.9. The number of carbonyl (C=O) groups excluding carboxylic acids is 2. The molecule has 0 atom stereocenters. The Labute approximate surface area is 188 Å². The van der Waals surface area contributed by atoms with E-state index < -0.39 is 27.5 Å². The van der Waals surface area contributed by atoms with Crippen molar-refractivity contribution in [3.63, 3.8) is 0 Å². The number of carbonyl (C=O) groups is 2. The summed E-state index contributed by atoms with van der Waals surface area (Å²) in [6.07, 6.45) is 5.94. The summed E-state index contributed by atoms with van der Waals surface area (Å²) in [6, 6.07) is 7.28. The predicted molar refractivity (Wildman–Crippen MR) is 112 cm³/mol. The Morgan fingerprint density at radius 3 is 2.73 bits per heavy atom. The first-order valence-corrected chi connectivity index (χ1v) is 10.9. The van der Waals surface area contributed by atoms with Crippen molar-refractivity contribution in [1.29, 1.82) is 5.26 Å². The first-order chi connectivity index (χ1) is 15.8. The van der Waals surface area contributed by atoms with Crippen molar-refractivity contribution in [2.45, 2.75) is 11.4 Å².